The van der Waals surface area contributed by atoms with Crippen LogP contribution >= 0.6 is 11.3 Å². The number of imidazole rings is 1. The number of aromatic nitrogens is 2. The first-order valence-electron chi connectivity index (χ1n) is 9.01. The molecule has 1 atom stereocenters. The summed E-state index contributed by atoms with van der Waals surface area (Å²) in [5.74, 6) is 1.26. The molecule has 0 aromatic carbocycles. The topological polar surface area (TPSA) is 53.4 Å². The second kappa shape index (κ2) is 7.27. The van der Waals surface area contributed by atoms with Crippen LogP contribution in [0.3, 0.4) is 0 Å². The van der Waals surface area contributed by atoms with Gasteiger partial charge in [0.1, 0.15) is 5.82 Å². The number of hydrogen-bond acceptors (Lipinski definition) is 5. The normalized spacial score (nSPS) is 21.8. The highest BCUT2D eigenvalue weighted by Crippen LogP contribution is 2.30. The van der Waals surface area contributed by atoms with E-state index in [-0.39, 0.29) is 5.91 Å². The second-order valence-electron chi connectivity index (χ2n) is 6.87. The minimum absolute atomic E-state index is 0.186. The molecule has 2 aromatic rings. The average molecular weight is 359 g/mol. The third kappa shape index (κ3) is 3.63. The monoisotopic (exact) mass is 359 g/mol. The van der Waals surface area contributed by atoms with Gasteiger partial charge < -0.3 is 14.8 Å². The summed E-state index contributed by atoms with van der Waals surface area (Å²) < 4.78 is 2.06. The Morgan fingerprint density at radius 1 is 1.32 bits per heavy atom. The summed E-state index contributed by atoms with van der Waals surface area (Å²) in [6.45, 7) is 5.32. The van der Waals surface area contributed by atoms with Crippen LogP contribution < -0.4 is 5.32 Å². The first kappa shape index (κ1) is 16.8. The Hall–Kier alpha value is -1.70. The van der Waals surface area contributed by atoms with E-state index in [0.717, 1.165) is 50.0 Å². The number of nitrogens with zero attached hydrogens (tertiary/aromatic N) is 4. The van der Waals surface area contributed by atoms with Crippen molar-refractivity contribution in [3.05, 3.63) is 40.1 Å². The number of thiophene rings is 1. The van der Waals surface area contributed by atoms with E-state index in [0.29, 0.717) is 6.04 Å². The Morgan fingerprint density at radius 2 is 2.16 bits per heavy atom. The zero-order valence-electron chi connectivity index (χ0n) is 14.6. The molecule has 1 amide bonds. The minimum Gasteiger partial charge on any atom is -0.337 e. The maximum Gasteiger partial charge on any atom is 0.264 e. The summed E-state index contributed by atoms with van der Waals surface area (Å²) in [5.41, 5.74) is 0. The number of nitrogens with one attached hydrogen (secondary N) is 1. The SMILES string of the molecule is Cn1ccnc1CN1CCN(C(=O)c2ccc(C3CCCN3)s2)CC1. The van der Waals surface area contributed by atoms with Crippen molar-refractivity contribution in [3.8, 4) is 0 Å². The first-order valence-corrected chi connectivity index (χ1v) is 9.83. The second-order valence-corrected chi connectivity index (χ2v) is 7.99. The van der Waals surface area contributed by atoms with Crippen LogP contribution in [0.15, 0.2) is 24.5 Å². The Labute approximate surface area is 152 Å². The number of rotatable bonds is 4. The molecular formula is C18H25N5OS. The maximum absolute atomic E-state index is 12.8. The predicted molar refractivity (Wildman–Crippen MR) is 98.7 cm³/mol. The zero-order valence-corrected chi connectivity index (χ0v) is 15.5. The number of hydrogen-bond donors (Lipinski definition) is 1. The van der Waals surface area contributed by atoms with Crippen LogP contribution in [0.1, 0.15) is 39.3 Å². The Balaban J connectivity index is 1.32. The molecular weight excluding hydrogens is 334 g/mol. The van der Waals surface area contributed by atoms with Crippen LogP contribution in [0.4, 0.5) is 0 Å². The van der Waals surface area contributed by atoms with E-state index < -0.39 is 0 Å². The van der Waals surface area contributed by atoms with Crippen LogP contribution in [0.2, 0.25) is 0 Å². The molecule has 0 spiro atoms. The first-order chi connectivity index (χ1) is 12.2. The van der Waals surface area contributed by atoms with Gasteiger partial charge in [0.25, 0.3) is 5.91 Å². The number of amides is 1. The van der Waals surface area contributed by atoms with Gasteiger partial charge in [-0.1, -0.05) is 0 Å². The van der Waals surface area contributed by atoms with Crippen molar-refractivity contribution in [1.82, 2.24) is 24.7 Å². The molecule has 6 nitrogen and oxygen atoms in total. The number of carbonyl (C=O) groups is 1. The van der Waals surface area contributed by atoms with Crippen molar-refractivity contribution in [1.29, 1.82) is 0 Å². The third-order valence-corrected chi connectivity index (χ3v) is 6.37. The fraction of sp³-hybridized carbons (Fsp3) is 0.556. The maximum atomic E-state index is 12.8. The lowest BCUT2D eigenvalue weighted by atomic mass is 10.2. The van der Waals surface area contributed by atoms with Crippen molar-refractivity contribution < 1.29 is 4.79 Å². The van der Waals surface area contributed by atoms with Gasteiger partial charge in [-0.3, -0.25) is 9.69 Å². The molecule has 4 rings (SSSR count). The third-order valence-electron chi connectivity index (χ3n) is 5.19. The van der Waals surface area contributed by atoms with Crippen LogP contribution in [0.25, 0.3) is 0 Å². The minimum atomic E-state index is 0.186. The molecule has 0 saturated carbocycles. The van der Waals surface area contributed by atoms with Crippen molar-refractivity contribution in [2.75, 3.05) is 32.7 Å². The molecule has 2 aliphatic heterocycles. The Bertz CT molecular complexity index is 725. The lowest BCUT2D eigenvalue weighted by Gasteiger charge is -2.34. The van der Waals surface area contributed by atoms with Crippen LogP contribution in [-0.2, 0) is 13.6 Å². The highest BCUT2D eigenvalue weighted by Gasteiger charge is 2.25. The van der Waals surface area contributed by atoms with E-state index in [9.17, 15) is 4.79 Å². The standard InChI is InChI=1S/C18H25N5OS/c1-21-8-7-20-17(21)13-22-9-11-23(12-10-22)18(24)16-5-4-15(25-16)14-3-2-6-19-14/h4-5,7-8,14,19H,2-3,6,9-13H2,1H3. The van der Waals surface area contributed by atoms with Crippen molar-refractivity contribution in [2.45, 2.75) is 25.4 Å². The smallest absolute Gasteiger partial charge is 0.264 e. The van der Waals surface area contributed by atoms with Crippen molar-refractivity contribution in [2.24, 2.45) is 7.05 Å². The molecule has 134 valence electrons. The summed E-state index contributed by atoms with van der Waals surface area (Å²) >= 11 is 1.66. The molecule has 0 radical (unpaired) electrons. The quantitative estimate of drug-likeness (QED) is 0.905. The number of carbonyl (C=O) groups excluding carboxylic acids is 1. The Kier molecular flexibility index (Phi) is 4.87. The van der Waals surface area contributed by atoms with Gasteiger partial charge in [0.05, 0.1) is 11.4 Å². The highest BCUT2D eigenvalue weighted by molar-refractivity contribution is 7.14. The van der Waals surface area contributed by atoms with Crippen molar-refractivity contribution >= 4 is 17.2 Å². The van der Waals surface area contributed by atoms with Crippen molar-refractivity contribution in [3.63, 3.8) is 0 Å². The molecule has 2 aromatic heterocycles. The van der Waals surface area contributed by atoms with E-state index in [2.05, 4.69) is 25.8 Å². The molecule has 1 N–H and O–H groups in total. The molecule has 2 aliphatic rings. The van der Waals surface area contributed by atoms with E-state index in [1.165, 1.54) is 17.7 Å². The predicted octanol–water partition coefficient (Wildman–Crippen LogP) is 1.86. The van der Waals surface area contributed by atoms with Gasteiger partial charge in [-0.15, -0.1) is 11.3 Å². The van der Waals surface area contributed by atoms with Crippen LogP contribution in [0, 0.1) is 0 Å². The van der Waals surface area contributed by atoms with Gasteiger partial charge in [0, 0.05) is 56.5 Å². The van der Waals surface area contributed by atoms with Gasteiger partial charge in [-0.05, 0) is 31.5 Å². The molecule has 0 bridgehead atoms. The summed E-state index contributed by atoms with van der Waals surface area (Å²) in [6.07, 6.45) is 6.22. The fourth-order valence-electron chi connectivity index (χ4n) is 3.60. The van der Waals surface area contributed by atoms with Gasteiger partial charge >= 0.3 is 0 Å². The summed E-state index contributed by atoms with van der Waals surface area (Å²) in [4.78, 5) is 23.7. The largest absolute Gasteiger partial charge is 0.337 e. The lowest BCUT2D eigenvalue weighted by molar-refractivity contribution is 0.0629. The zero-order chi connectivity index (χ0) is 17.2. The van der Waals surface area contributed by atoms with E-state index in [4.69, 9.17) is 0 Å². The van der Waals surface area contributed by atoms with E-state index in [1.54, 1.807) is 11.3 Å². The molecule has 25 heavy (non-hydrogen) atoms. The van der Waals surface area contributed by atoms with Crippen LogP contribution in [0.5, 0.6) is 0 Å². The molecule has 1 unspecified atom stereocenters. The molecule has 2 saturated heterocycles. The summed E-state index contributed by atoms with van der Waals surface area (Å²) in [5, 5.41) is 3.51. The molecule has 4 heterocycles. The average Bonchev–Trinajstić information content (AvgIpc) is 3.37. The van der Waals surface area contributed by atoms with Gasteiger partial charge in [-0.2, -0.15) is 0 Å². The molecule has 7 heteroatoms. The Morgan fingerprint density at radius 3 is 2.84 bits per heavy atom. The van der Waals surface area contributed by atoms with Crippen LogP contribution in [-0.4, -0.2) is 58.0 Å². The molecule has 2 fully saturated rings. The number of aryl methyl sites for hydroxylation is 1. The fourth-order valence-corrected chi connectivity index (χ4v) is 4.68. The van der Waals surface area contributed by atoms with Gasteiger partial charge in [0.2, 0.25) is 0 Å². The summed E-state index contributed by atoms with van der Waals surface area (Å²) in [7, 11) is 2.02. The van der Waals surface area contributed by atoms with E-state index >= 15 is 0 Å². The summed E-state index contributed by atoms with van der Waals surface area (Å²) in [6, 6.07) is 4.57. The molecule has 0 aliphatic carbocycles. The lowest BCUT2D eigenvalue weighted by Crippen LogP contribution is -2.48. The number of piperazine rings is 1. The van der Waals surface area contributed by atoms with Gasteiger partial charge in [-0.25, -0.2) is 4.98 Å². The highest BCUT2D eigenvalue weighted by atomic mass is 32.1. The van der Waals surface area contributed by atoms with E-state index in [1.807, 2.05) is 30.4 Å². The van der Waals surface area contributed by atoms with Gasteiger partial charge in [0.15, 0.2) is 0 Å².